The van der Waals surface area contributed by atoms with Crippen LogP contribution in [0.25, 0.3) is 0 Å². The third kappa shape index (κ3) is 4.27. The highest BCUT2D eigenvalue weighted by Gasteiger charge is 2.16. The molecule has 0 aromatic carbocycles. The summed E-state index contributed by atoms with van der Waals surface area (Å²) in [5.41, 5.74) is 0.254. The number of rotatable bonds is 7. The lowest BCUT2D eigenvalue weighted by Gasteiger charge is -2.12. The van der Waals surface area contributed by atoms with Crippen LogP contribution in [0.3, 0.4) is 0 Å². The zero-order valence-electron chi connectivity index (χ0n) is 11.3. The molecule has 0 aliphatic rings. The van der Waals surface area contributed by atoms with E-state index in [1.807, 2.05) is 6.92 Å². The van der Waals surface area contributed by atoms with Crippen molar-refractivity contribution in [2.75, 3.05) is 13.7 Å². The molecule has 106 valence electrons. The number of carboxylic acids is 1. The van der Waals surface area contributed by atoms with Gasteiger partial charge in [0.2, 0.25) is 5.88 Å². The van der Waals surface area contributed by atoms with Crippen molar-refractivity contribution in [2.24, 2.45) is 13.0 Å². The SMILES string of the molecule is CCC(CNC(=O)c1cc(OC)n(C)n1)CC(=O)O. The summed E-state index contributed by atoms with van der Waals surface area (Å²) in [4.78, 5) is 22.5. The number of amides is 1. The first-order valence-electron chi connectivity index (χ1n) is 6.05. The Morgan fingerprint density at radius 1 is 1.58 bits per heavy atom. The molecule has 0 aliphatic heterocycles. The van der Waals surface area contributed by atoms with Crippen LogP contribution in [-0.4, -0.2) is 40.4 Å². The number of carbonyl (C=O) groups is 2. The lowest BCUT2D eigenvalue weighted by Crippen LogP contribution is -2.30. The van der Waals surface area contributed by atoms with Gasteiger partial charge in [-0.25, -0.2) is 4.68 Å². The molecule has 0 spiro atoms. The molecule has 0 saturated heterocycles. The predicted octanol–water partition coefficient (Wildman–Crippen LogP) is 0.659. The molecule has 0 fully saturated rings. The lowest BCUT2D eigenvalue weighted by atomic mass is 10.0. The molecular formula is C12H19N3O4. The highest BCUT2D eigenvalue weighted by Crippen LogP contribution is 2.11. The Morgan fingerprint density at radius 2 is 2.26 bits per heavy atom. The molecule has 1 amide bonds. The van der Waals surface area contributed by atoms with Gasteiger partial charge in [0, 0.05) is 26.1 Å². The summed E-state index contributed by atoms with van der Waals surface area (Å²) in [6, 6.07) is 1.54. The van der Waals surface area contributed by atoms with Crippen molar-refractivity contribution >= 4 is 11.9 Å². The Hall–Kier alpha value is -2.05. The zero-order valence-corrected chi connectivity index (χ0v) is 11.3. The summed E-state index contributed by atoms with van der Waals surface area (Å²) < 4.78 is 6.48. The summed E-state index contributed by atoms with van der Waals surface area (Å²) in [5.74, 6) is -0.780. The number of aromatic nitrogens is 2. The molecule has 1 atom stereocenters. The van der Waals surface area contributed by atoms with Crippen LogP contribution in [0.15, 0.2) is 6.07 Å². The minimum atomic E-state index is -0.861. The van der Waals surface area contributed by atoms with Crippen LogP contribution in [-0.2, 0) is 11.8 Å². The molecule has 0 bridgehead atoms. The molecule has 0 aliphatic carbocycles. The predicted molar refractivity (Wildman–Crippen MR) is 68.1 cm³/mol. The van der Waals surface area contributed by atoms with Crippen molar-refractivity contribution in [3.8, 4) is 5.88 Å². The van der Waals surface area contributed by atoms with Gasteiger partial charge in [-0.1, -0.05) is 13.3 Å². The number of carboxylic acid groups (broad SMARTS) is 1. The number of carbonyl (C=O) groups excluding carboxylic acids is 1. The summed E-state index contributed by atoms with van der Waals surface area (Å²) in [6.45, 7) is 2.21. The normalized spacial score (nSPS) is 11.9. The first kappa shape index (κ1) is 15.0. The van der Waals surface area contributed by atoms with Gasteiger partial charge in [0.25, 0.3) is 5.91 Å². The van der Waals surface area contributed by atoms with E-state index in [0.717, 1.165) is 0 Å². The first-order valence-corrected chi connectivity index (χ1v) is 6.05. The van der Waals surface area contributed by atoms with Gasteiger partial charge in [0.15, 0.2) is 5.69 Å². The number of aryl methyl sites for hydroxylation is 1. The van der Waals surface area contributed by atoms with Crippen LogP contribution in [0.5, 0.6) is 5.88 Å². The molecule has 0 saturated carbocycles. The van der Waals surface area contributed by atoms with Gasteiger partial charge in [-0.05, 0) is 5.92 Å². The van der Waals surface area contributed by atoms with E-state index in [1.165, 1.54) is 17.9 Å². The smallest absolute Gasteiger partial charge is 0.303 e. The maximum atomic E-state index is 11.8. The highest BCUT2D eigenvalue weighted by atomic mass is 16.5. The van der Waals surface area contributed by atoms with Crippen LogP contribution < -0.4 is 10.1 Å². The average Bonchev–Trinajstić information content (AvgIpc) is 2.75. The number of nitrogens with zero attached hydrogens (tertiary/aromatic N) is 2. The van der Waals surface area contributed by atoms with Gasteiger partial charge < -0.3 is 15.2 Å². The number of nitrogens with one attached hydrogen (secondary N) is 1. The second kappa shape index (κ2) is 6.77. The number of aliphatic carboxylic acids is 1. The fraction of sp³-hybridized carbons (Fsp3) is 0.583. The number of hydrogen-bond donors (Lipinski definition) is 2. The van der Waals surface area contributed by atoms with E-state index in [-0.39, 0.29) is 23.9 Å². The second-order valence-corrected chi connectivity index (χ2v) is 4.28. The Bertz CT molecular complexity index is 456. The van der Waals surface area contributed by atoms with Crippen LogP contribution in [0.4, 0.5) is 0 Å². The van der Waals surface area contributed by atoms with Crippen molar-refractivity contribution in [1.82, 2.24) is 15.1 Å². The second-order valence-electron chi connectivity index (χ2n) is 4.28. The third-order valence-electron chi connectivity index (χ3n) is 2.87. The first-order chi connectivity index (χ1) is 8.97. The van der Waals surface area contributed by atoms with Crippen molar-refractivity contribution in [3.05, 3.63) is 11.8 Å². The summed E-state index contributed by atoms with van der Waals surface area (Å²) in [7, 11) is 3.17. The third-order valence-corrected chi connectivity index (χ3v) is 2.87. The molecule has 0 radical (unpaired) electrons. The Balaban J connectivity index is 2.56. The summed E-state index contributed by atoms with van der Waals surface area (Å²) in [6.07, 6.45) is 0.737. The summed E-state index contributed by atoms with van der Waals surface area (Å²) >= 11 is 0. The minimum Gasteiger partial charge on any atom is -0.481 e. The molecule has 1 aromatic rings. The van der Waals surface area contributed by atoms with Crippen molar-refractivity contribution < 1.29 is 19.4 Å². The maximum Gasteiger partial charge on any atom is 0.303 e. The van der Waals surface area contributed by atoms with Gasteiger partial charge in [-0.15, -0.1) is 0 Å². The van der Waals surface area contributed by atoms with Gasteiger partial charge in [-0.2, -0.15) is 5.10 Å². The Morgan fingerprint density at radius 3 is 2.74 bits per heavy atom. The van der Waals surface area contributed by atoms with E-state index in [1.54, 1.807) is 7.05 Å². The van der Waals surface area contributed by atoms with Crippen molar-refractivity contribution in [3.63, 3.8) is 0 Å². The van der Waals surface area contributed by atoms with E-state index < -0.39 is 5.97 Å². The Kier molecular flexibility index (Phi) is 5.35. The fourth-order valence-corrected chi connectivity index (χ4v) is 1.69. The van der Waals surface area contributed by atoms with Crippen molar-refractivity contribution in [2.45, 2.75) is 19.8 Å². The fourth-order valence-electron chi connectivity index (χ4n) is 1.69. The number of ether oxygens (including phenoxy) is 1. The van der Waals surface area contributed by atoms with Gasteiger partial charge >= 0.3 is 5.97 Å². The largest absolute Gasteiger partial charge is 0.481 e. The van der Waals surface area contributed by atoms with E-state index in [0.29, 0.717) is 18.8 Å². The van der Waals surface area contributed by atoms with E-state index in [4.69, 9.17) is 9.84 Å². The molecule has 2 N–H and O–H groups in total. The molecular weight excluding hydrogens is 250 g/mol. The minimum absolute atomic E-state index is 0.0440. The lowest BCUT2D eigenvalue weighted by molar-refractivity contribution is -0.138. The maximum absolute atomic E-state index is 11.8. The van der Waals surface area contributed by atoms with Crippen molar-refractivity contribution in [1.29, 1.82) is 0 Å². The molecule has 7 heteroatoms. The zero-order chi connectivity index (χ0) is 14.4. The van der Waals surface area contributed by atoms with Gasteiger partial charge in [0.05, 0.1) is 7.11 Å². The van der Waals surface area contributed by atoms with Crippen LogP contribution in [0.2, 0.25) is 0 Å². The number of methoxy groups -OCH3 is 1. The van der Waals surface area contributed by atoms with E-state index in [9.17, 15) is 9.59 Å². The van der Waals surface area contributed by atoms with Gasteiger partial charge in [0.1, 0.15) is 0 Å². The molecule has 7 nitrogen and oxygen atoms in total. The molecule has 1 aromatic heterocycles. The highest BCUT2D eigenvalue weighted by molar-refractivity contribution is 5.92. The van der Waals surface area contributed by atoms with E-state index in [2.05, 4.69) is 10.4 Å². The molecule has 19 heavy (non-hydrogen) atoms. The van der Waals surface area contributed by atoms with E-state index >= 15 is 0 Å². The average molecular weight is 269 g/mol. The standard InChI is InChI=1S/C12H19N3O4/c1-4-8(5-11(16)17)7-13-12(18)9-6-10(19-3)15(2)14-9/h6,8H,4-5,7H2,1-3H3,(H,13,18)(H,16,17). The molecule has 1 unspecified atom stereocenters. The van der Waals surface area contributed by atoms with Gasteiger partial charge in [-0.3, -0.25) is 9.59 Å². The molecule has 1 rings (SSSR count). The Labute approximate surface area is 111 Å². The quantitative estimate of drug-likeness (QED) is 0.758. The van der Waals surface area contributed by atoms with Crippen LogP contribution in [0.1, 0.15) is 30.3 Å². The van der Waals surface area contributed by atoms with Crippen LogP contribution >= 0.6 is 0 Å². The number of hydrogen-bond acceptors (Lipinski definition) is 4. The summed E-state index contributed by atoms with van der Waals surface area (Å²) in [5, 5.41) is 15.4. The topological polar surface area (TPSA) is 93.5 Å². The molecule has 1 heterocycles. The monoisotopic (exact) mass is 269 g/mol. The van der Waals surface area contributed by atoms with Crippen LogP contribution in [0, 0.1) is 5.92 Å².